The number of hydrogen-bond donors (Lipinski definition) is 2. The topological polar surface area (TPSA) is 109 Å². The molecule has 8 heteroatoms. The van der Waals surface area contributed by atoms with E-state index in [9.17, 15) is 19.8 Å². The molecule has 3 aromatic rings. The Balaban J connectivity index is 1.66. The van der Waals surface area contributed by atoms with Crippen molar-refractivity contribution in [1.82, 2.24) is 14.8 Å². The Morgan fingerprint density at radius 3 is 2.37 bits per heavy atom. The van der Waals surface area contributed by atoms with E-state index in [1.807, 2.05) is 50.2 Å². The second kappa shape index (κ2) is 10.4. The van der Waals surface area contributed by atoms with E-state index in [0.29, 0.717) is 17.3 Å². The Hall–Kier alpha value is -3.52. The lowest BCUT2D eigenvalue weighted by Gasteiger charge is -2.32. The van der Waals surface area contributed by atoms with Crippen LogP contribution in [0.2, 0.25) is 0 Å². The number of nitrogens with zero attached hydrogens (tertiary/aromatic N) is 4. The highest BCUT2D eigenvalue weighted by molar-refractivity contribution is 6.01. The van der Waals surface area contributed by atoms with Crippen LogP contribution in [0.3, 0.4) is 0 Å². The lowest BCUT2D eigenvalue weighted by molar-refractivity contribution is -0.124. The minimum Gasteiger partial charge on any atom is -0.477 e. The van der Waals surface area contributed by atoms with Crippen LogP contribution in [0.5, 0.6) is 0 Å². The van der Waals surface area contributed by atoms with Crippen molar-refractivity contribution in [2.45, 2.75) is 59.1 Å². The van der Waals surface area contributed by atoms with E-state index in [2.05, 4.69) is 17.0 Å². The van der Waals surface area contributed by atoms with Crippen LogP contribution in [0.25, 0.3) is 16.9 Å². The number of carbonyl (C=O) groups excluding carboxylic acids is 1. The molecule has 1 aliphatic carbocycles. The maximum Gasteiger partial charge on any atom is 0.341 e. The lowest BCUT2D eigenvalue weighted by atomic mass is 9.82. The molecule has 1 fully saturated rings. The molecule has 1 aromatic carbocycles. The fourth-order valence-corrected chi connectivity index (χ4v) is 4.65. The third-order valence-electron chi connectivity index (χ3n) is 6.67. The zero-order valence-corrected chi connectivity index (χ0v) is 20.4. The van der Waals surface area contributed by atoms with Crippen molar-refractivity contribution in [3.63, 3.8) is 0 Å². The molecule has 184 valence electrons. The quantitative estimate of drug-likeness (QED) is 0.512. The van der Waals surface area contributed by atoms with Crippen LogP contribution in [-0.4, -0.2) is 42.9 Å². The molecule has 8 nitrogen and oxygen atoms in total. The van der Waals surface area contributed by atoms with Crippen LogP contribution in [0.15, 0.2) is 48.7 Å². The number of aliphatic hydroxyl groups excluding tert-OH is 1. The van der Waals surface area contributed by atoms with Gasteiger partial charge < -0.3 is 10.2 Å². The molecular formula is C27H32N4O4. The molecule has 35 heavy (non-hydrogen) atoms. The Labute approximate surface area is 205 Å². The van der Waals surface area contributed by atoms with Crippen molar-refractivity contribution in [2.75, 3.05) is 4.90 Å². The number of pyridine rings is 1. The van der Waals surface area contributed by atoms with Crippen LogP contribution in [0.1, 0.15) is 62.5 Å². The standard InChI is InChI=1S/C27H32N4O4/c1-17(2)31(26(33)20-9-7-18(3)8-10-20)25-23(27(34)35)15-30(29-25)22-13-11-19(12-14-22)24-6-4-5-21(16-32)28-24/h4-6,11-15,17-18,20,32H,7-10,16H2,1-3H3,(H,34,35)/t18-,20-. The Kier molecular flexibility index (Phi) is 7.31. The number of anilines is 1. The molecular weight excluding hydrogens is 444 g/mol. The highest BCUT2D eigenvalue weighted by Gasteiger charge is 2.34. The molecule has 1 saturated carbocycles. The molecule has 2 aromatic heterocycles. The van der Waals surface area contributed by atoms with Gasteiger partial charge in [0.2, 0.25) is 5.91 Å². The smallest absolute Gasteiger partial charge is 0.341 e. The van der Waals surface area contributed by atoms with Gasteiger partial charge in [-0.1, -0.05) is 25.1 Å². The molecule has 0 radical (unpaired) electrons. The number of aromatic nitrogens is 3. The lowest BCUT2D eigenvalue weighted by Crippen LogP contribution is -2.43. The third kappa shape index (κ3) is 5.27. The largest absolute Gasteiger partial charge is 0.477 e. The molecule has 1 amide bonds. The molecule has 0 spiro atoms. The van der Waals surface area contributed by atoms with Gasteiger partial charge in [-0.25, -0.2) is 9.48 Å². The number of carboxylic acids is 1. The Morgan fingerprint density at radius 1 is 1.09 bits per heavy atom. The SMILES string of the molecule is CC(C)N(c1nn(-c2ccc(-c3cccc(CO)n3)cc2)cc1C(=O)O)C(=O)[C@H]1CC[C@H](C)CC1. The average molecular weight is 477 g/mol. The molecule has 0 bridgehead atoms. The van der Waals surface area contributed by atoms with Crippen LogP contribution in [-0.2, 0) is 11.4 Å². The van der Waals surface area contributed by atoms with Gasteiger partial charge in [0.05, 0.1) is 23.7 Å². The van der Waals surface area contributed by atoms with E-state index in [0.717, 1.165) is 36.9 Å². The minimum absolute atomic E-state index is 0.00221. The first-order chi connectivity index (χ1) is 16.8. The van der Waals surface area contributed by atoms with E-state index in [1.54, 1.807) is 11.0 Å². The second-order valence-electron chi connectivity index (χ2n) is 9.59. The maximum absolute atomic E-state index is 13.5. The van der Waals surface area contributed by atoms with Gasteiger partial charge in [-0.3, -0.25) is 14.7 Å². The van der Waals surface area contributed by atoms with E-state index in [4.69, 9.17) is 0 Å². The van der Waals surface area contributed by atoms with Crippen molar-refractivity contribution in [1.29, 1.82) is 0 Å². The van der Waals surface area contributed by atoms with Crippen molar-refractivity contribution in [2.24, 2.45) is 11.8 Å². The molecule has 4 rings (SSSR count). The van der Waals surface area contributed by atoms with Gasteiger partial charge in [-0.15, -0.1) is 5.10 Å². The van der Waals surface area contributed by atoms with Gasteiger partial charge in [0.25, 0.3) is 0 Å². The maximum atomic E-state index is 13.5. The zero-order chi connectivity index (χ0) is 25.1. The molecule has 2 heterocycles. The highest BCUT2D eigenvalue weighted by atomic mass is 16.4. The predicted octanol–water partition coefficient (Wildman–Crippen LogP) is 4.69. The summed E-state index contributed by atoms with van der Waals surface area (Å²) in [6.07, 6.45) is 5.11. The molecule has 0 unspecified atom stereocenters. The van der Waals surface area contributed by atoms with E-state index >= 15 is 0 Å². The predicted molar refractivity (Wildman–Crippen MR) is 133 cm³/mol. The van der Waals surface area contributed by atoms with Crippen LogP contribution in [0.4, 0.5) is 5.82 Å². The van der Waals surface area contributed by atoms with Crippen LogP contribution in [0, 0.1) is 11.8 Å². The van der Waals surface area contributed by atoms with Crippen molar-refractivity contribution < 1.29 is 19.8 Å². The van der Waals surface area contributed by atoms with Gasteiger partial charge in [0.15, 0.2) is 5.82 Å². The number of hydrogen-bond acceptors (Lipinski definition) is 5. The fourth-order valence-electron chi connectivity index (χ4n) is 4.65. The molecule has 0 atom stereocenters. The summed E-state index contributed by atoms with van der Waals surface area (Å²) in [7, 11) is 0. The van der Waals surface area contributed by atoms with Gasteiger partial charge in [0.1, 0.15) is 5.56 Å². The molecule has 0 aliphatic heterocycles. The number of benzene rings is 1. The van der Waals surface area contributed by atoms with Gasteiger partial charge in [-0.05, 0) is 69.7 Å². The van der Waals surface area contributed by atoms with Crippen LogP contribution >= 0.6 is 0 Å². The van der Waals surface area contributed by atoms with Crippen molar-refractivity contribution in [3.05, 3.63) is 59.9 Å². The van der Waals surface area contributed by atoms with E-state index < -0.39 is 5.97 Å². The number of aromatic carboxylic acids is 1. The summed E-state index contributed by atoms with van der Waals surface area (Å²) in [5, 5.41) is 23.8. The van der Waals surface area contributed by atoms with Gasteiger partial charge in [-0.2, -0.15) is 0 Å². The zero-order valence-electron chi connectivity index (χ0n) is 20.4. The Bertz CT molecular complexity index is 1190. The normalized spacial score (nSPS) is 18.0. The molecule has 1 aliphatic rings. The van der Waals surface area contributed by atoms with Crippen LogP contribution < -0.4 is 4.90 Å². The summed E-state index contributed by atoms with van der Waals surface area (Å²) < 4.78 is 1.51. The summed E-state index contributed by atoms with van der Waals surface area (Å²) in [4.78, 5) is 31.6. The average Bonchev–Trinajstić information content (AvgIpc) is 3.29. The van der Waals surface area contributed by atoms with Gasteiger partial charge in [0, 0.05) is 23.7 Å². The monoisotopic (exact) mass is 476 g/mol. The van der Waals surface area contributed by atoms with Crippen molar-refractivity contribution >= 4 is 17.7 Å². The third-order valence-corrected chi connectivity index (χ3v) is 6.67. The number of carbonyl (C=O) groups is 2. The fraction of sp³-hybridized carbons (Fsp3) is 0.407. The van der Waals surface area contributed by atoms with E-state index in [1.165, 1.54) is 10.9 Å². The van der Waals surface area contributed by atoms with E-state index in [-0.39, 0.29) is 35.9 Å². The molecule has 0 saturated heterocycles. The number of aliphatic hydroxyl groups is 1. The summed E-state index contributed by atoms with van der Waals surface area (Å²) >= 11 is 0. The summed E-state index contributed by atoms with van der Waals surface area (Å²) in [6.45, 7) is 5.84. The van der Waals surface area contributed by atoms with Gasteiger partial charge >= 0.3 is 5.97 Å². The summed E-state index contributed by atoms with van der Waals surface area (Å²) in [5.41, 5.74) is 2.84. The molecule has 2 N–H and O–H groups in total. The Morgan fingerprint density at radius 2 is 1.77 bits per heavy atom. The van der Waals surface area contributed by atoms with Crippen molar-refractivity contribution in [3.8, 4) is 16.9 Å². The first-order valence-corrected chi connectivity index (χ1v) is 12.1. The second-order valence-corrected chi connectivity index (χ2v) is 9.59. The number of rotatable bonds is 7. The first kappa shape index (κ1) is 24.6. The first-order valence-electron chi connectivity index (χ1n) is 12.1. The highest BCUT2D eigenvalue weighted by Crippen LogP contribution is 2.33. The minimum atomic E-state index is -1.12. The number of amides is 1. The summed E-state index contributed by atoms with van der Waals surface area (Å²) in [5.74, 6) is -0.488. The number of carboxylic acid groups (broad SMARTS) is 1. The summed E-state index contributed by atoms with van der Waals surface area (Å²) in [6, 6.07) is 12.6.